The fourth-order valence-electron chi connectivity index (χ4n) is 3.62. The molecule has 5 nitrogen and oxygen atoms in total. The molecule has 126 valence electrons. The summed E-state index contributed by atoms with van der Waals surface area (Å²) >= 11 is 0. The maximum Gasteiger partial charge on any atom is 0.306 e. The molecule has 2 aliphatic rings. The van der Waals surface area contributed by atoms with E-state index in [1.807, 2.05) is 4.90 Å². The van der Waals surface area contributed by atoms with Gasteiger partial charge in [0.15, 0.2) is 0 Å². The van der Waals surface area contributed by atoms with E-state index in [9.17, 15) is 9.59 Å². The van der Waals surface area contributed by atoms with Crippen LogP contribution in [0.25, 0.3) is 0 Å². The van der Waals surface area contributed by atoms with Crippen LogP contribution >= 0.6 is 0 Å². The van der Waals surface area contributed by atoms with Crippen molar-refractivity contribution < 1.29 is 14.7 Å². The maximum atomic E-state index is 12.4. The van der Waals surface area contributed by atoms with Crippen LogP contribution in [0.2, 0.25) is 0 Å². The van der Waals surface area contributed by atoms with E-state index in [4.69, 9.17) is 5.11 Å². The second kappa shape index (κ2) is 6.99. The SMILES string of the molecule is CC(C)(C)C1CCN(CC(=O)N2CCC(C(=O)O)CC2)CC1. The molecule has 0 aromatic heterocycles. The second-order valence-corrected chi connectivity index (χ2v) is 7.91. The van der Waals surface area contributed by atoms with Gasteiger partial charge in [-0.2, -0.15) is 0 Å². The van der Waals surface area contributed by atoms with Crippen LogP contribution in [0, 0.1) is 17.3 Å². The molecule has 0 aromatic rings. The molecule has 1 amide bonds. The first-order valence-corrected chi connectivity index (χ1v) is 8.50. The minimum absolute atomic E-state index is 0.165. The number of hydrogen-bond acceptors (Lipinski definition) is 3. The number of piperidine rings is 2. The van der Waals surface area contributed by atoms with Gasteiger partial charge in [0, 0.05) is 13.1 Å². The highest BCUT2D eigenvalue weighted by atomic mass is 16.4. The summed E-state index contributed by atoms with van der Waals surface area (Å²) in [5.74, 6) is -0.0915. The summed E-state index contributed by atoms with van der Waals surface area (Å²) in [5.41, 5.74) is 0.356. The molecule has 2 fully saturated rings. The predicted molar refractivity (Wildman–Crippen MR) is 85.6 cm³/mol. The Bertz CT molecular complexity index is 401. The monoisotopic (exact) mass is 310 g/mol. The maximum absolute atomic E-state index is 12.4. The zero-order valence-corrected chi connectivity index (χ0v) is 14.2. The second-order valence-electron chi connectivity index (χ2n) is 7.91. The molecule has 0 atom stereocenters. The van der Waals surface area contributed by atoms with Gasteiger partial charge in [0.1, 0.15) is 0 Å². The van der Waals surface area contributed by atoms with Gasteiger partial charge in [-0.05, 0) is 50.1 Å². The van der Waals surface area contributed by atoms with Crippen LogP contribution in [0.1, 0.15) is 46.5 Å². The van der Waals surface area contributed by atoms with E-state index in [2.05, 4.69) is 25.7 Å². The molecule has 0 radical (unpaired) electrons. The van der Waals surface area contributed by atoms with Gasteiger partial charge in [0.05, 0.1) is 12.5 Å². The molecule has 5 heteroatoms. The smallest absolute Gasteiger partial charge is 0.306 e. The largest absolute Gasteiger partial charge is 0.481 e. The van der Waals surface area contributed by atoms with E-state index in [0.29, 0.717) is 37.9 Å². The molecule has 22 heavy (non-hydrogen) atoms. The third-order valence-corrected chi connectivity index (χ3v) is 5.37. The molecule has 0 bridgehead atoms. The summed E-state index contributed by atoms with van der Waals surface area (Å²) in [4.78, 5) is 27.4. The standard InChI is InChI=1S/C17H30N2O3/c1-17(2,3)14-6-8-18(9-7-14)12-15(20)19-10-4-13(5-11-19)16(21)22/h13-14H,4-12H2,1-3H3,(H,21,22). The number of hydrogen-bond donors (Lipinski definition) is 1. The van der Waals surface area contributed by atoms with Crippen molar-refractivity contribution in [2.24, 2.45) is 17.3 Å². The van der Waals surface area contributed by atoms with E-state index in [-0.39, 0.29) is 11.8 Å². The highest BCUT2D eigenvalue weighted by Crippen LogP contribution is 2.34. The normalized spacial score (nSPS) is 22.8. The number of nitrogens with zero attached hydrogens (tertiary/aromatic N) is 2. The fraction of sp³-hybridized carbons (Fsp3) is 0.882. The highest BCUT2D eigenvalue weighted by molar-refractivity contribution is 5.79. The van der Waals surface area contributed by atoms with Crippen molar-refractivity contribution in [2.75, 3.05) is 32.7 Å². The van der Waals surface area contributed by atoms with E-state index >= 15 is 0 Å². The minimum atomic E-state index is -0.726. The van der Waals surface area contributed by atoms with Crippen LogP contribution in [-0.4, -0.2) is 59.5 Å². The number of carbonyl (C=O) groups is 2. The lowest BCUT2D eigenvalue weighted by atomic mass is 9.75. The van der Waals surface area contributed by atoms with Gasteiger partial charge < -0.3 is 10.0 Å². The van der Waals surface area contributed by atoms with Crippen LogP contribution in [-0.2, 0) is 9.59 Å². The number of amides is 1. The first kappa shape index (κ1) is 17.3. The van der Waals surface area contributed by atoms with Crippen LogP contribution in [0.5, 0.6) is 0 Å². The topological polar surface area (TPSA) is 60.9 Å². The van der Waals surface area contributed by atoms with Crippen LogP contribution < -0.4 is 0 Å². The molecule has 0 aromatic carbocycles. The summed E-state index contributed by atoms with van der Waals surface area (Å²) in [6, 6.07) is 0. The van der Waals surface area contributed by atoms with Gasteiger partial charge in [-0.3, -0.25) is 14.5 Å². The lowest BCUT2D eigenvalue weighted by Gasteiger charge is -2.39. The van der Waals surface area contributed by atoms with Crippen LogP contribution in [0.3, 0.4) is 0 Å². The fourth-order valence-corrected chi connectivity index (χ4v) is 3.62. The summed E-state index contributed by atoms with van der Waals surface area (Å²) < 4.78 is 0. The van der Waals surface area contributed by atoms with E-state index in [0.717, 1.165) is 31.8 Å². The summed E-state index contributed by atoms with van der Waals surface area (Å²) in [6.45, 7) is 10.6. The van der Waals surface area contributed by atoms with Gasteiger partial charge >= 0.3 is 5.97 Å². The molecule has 2 heterocycles. The Hall–Kier alpha value is -1.10. The van der Waals surface area contributed by atoms with E-state index in [1.54, 1.807) is 0 Å². The molecule has 1 N–H and O–H groups in total. The summed E-state index contributed by atoms with van der Waals surface area (Å²) in [5, 5.41) is 9.00. The highest BCUT2D eigenvalue weighted by Gasteiger charge is 2.31. The van der Waals surface area contributed by atoms with Gasteiger partial charge in [-0.1, -0.05) is 20.8 Å². The Balaban J connectivity index is 1.74. The number of carboxylic acids is 1. The van der Waals surface area contributed by atoms with Crippen LogP contribution in [0.15, 0.2) is 0 Å². The summed E-state index contributed by atoms with van der Waals surface area (Å²) in [6.07, 6.45) is 3.51. The van der Waals surface area contributed by atoms with E-state index < -0.39 is 5.97 Å². The average Bonchev–Trinajstić information content (AvgIpc) is 2.47. The predicted octanol–water partition coefficient (Wildman–Crippen LogP) is 2.07. The Morgan fingerprint density at radius 3 is 2.00 bits per heavy atom. The Kier molecular flexibility index (Phi) is 5.48. The third kappa shape index (κ3) is 4.45. The lowest BCUT2D eigenvalue weighted by molar-refractivity contribution is -0.146. The van der Waals surface area contributed by atoms with E-state index in [1.165, 1.54) is 0 Å². The zero-order valence-electron chi connectivity index (χ0n) is 14.2. The Morgan fingerprint density at radius 2 is 1.55 bits per heavy atom. The Morgan fingerprint density at radius 1 is 1.00 bits per heavy atom. The van der Waals surface area contributed by atoms with Crippen molar-refractivity contribution in [3.05, 3.63) is 0 Å². The number of carbonyl (C=O) groups excluding carboxylic acids is 1. The van der Waals surface area contributed by atoms with Gasteiger partial charge in [-0.15, -0.1) is 0 Å². The first-order chi connectivity index (χ1) is 10.3. The first-order valence-electron chi connectivity index (χ1n) is 8.50. The van der Waals surface area contributed by atoms with Gasteiger partial charge in [0.2, 0.25) is 5.91 Å². The zero-order chi connectivity index (χ0) is 16.3. The van der Waals surface area contributed by atoms with Crippen molar-refractivity contribution in [1.29, 1.82) is 0 Å². The van der Waals surface area contributed by atoms with Gasteiger partial charge in [-0.25, -0.2) is 0 Å². The van der Waals surface area contributed by atoms with Gasteiger partial charge in [0.25, 0.3) is 0 Å². The quantitative estimate of drug-likeness (QED) is 0.867. The third-order valence-electron chi connectivity index (χ3n) is 5.37. The minimum Gasteiger partial charge on any atom is -0.481 e. The molecule has 0 saturated carbocycles. The molecule has 0 spiro atoms. The summed E-state index contributed by atoms with van der Waals surface area (Å²) in [7, 11) is 0. The number of aliphatic carboxylic acids is 1. The number of carboxylic acid groups (broad SMARTS) is 1. The number of likely N-dealkylation sites (tertiary alicyclic amines) is 2. The van der Waals surface area contributed by atoms with Crippen molar-refractivity contribution in [2.45, 2.75) is 46.5 Å². The van der Waals surface area contributed by atoms with Crippen molar-refractivity contribution in [3.63, 3.8) is 0 Å². The van der Waals surface area contributed by atoms with Crippen LogP contribution in [0.4, 0.5) is 0 Å². The molecule has 2 rings (SSSR count). The number of rotatable bonds is 3. The Labute approximate surface area is 133 Å². The molecular weight excluding hydrogens is 280 g/mol. The molecule has 2 saturated heterocycles. The van der Waals surface area contributed by atoms with Crippen molar-refractivity contribution in [1.82, 2.24) is 9.80 Å². The molecule has 2 aliphatic heterocycles. The van der Waals surface area contributed by atoms with Crippen molar-refractivity contribution >= 4 is 11.9 Å². The molecular formula is C17H30N2O3. The van der Waals surface area contributed by atoms with Crippen molar-refractivity contribution in [3.8, 4) is 0 Å². The lowest BCUT2D eigenvalue weighted by Crippen LogP contribution is -2.47. The molecule has 0 unspecified atom stereocenters. The average molecular weight is 310 g/mol. The molecule has 0 aliphatic carbocycles.